The maximum atomic E-state index is 10.6. The average molecular weight is 265 g/mol. The zero-order chi connectivity index (χ0) is 14.5. The lowest BCUT2D eigenvalue weighted by atomic mass is 9.84. The molecule has 1 aromatic rings. The third-order valence-electron chi connectivity index (χ3n) is 3.32. The number of hydrogen-bond donors (Lipinski definition) is 2. The van der Waals surface area contributed by atoms with Crippen LogP contribution < -0.4 is 5.32 Å². The summed E-state index contributed by atoms with van der Waals surface area (Å²) in [6, 6.07) is 0. The van der Waals surface area contributed by atoms with Crippen molar-refractivity contribution < 1.29 is 9.90 Å². The van der Waals surface area contributed by atoms with Crippen LogP contribution in [0.2, 0.25) is 0 Å². The predicted molar refractivity (Wildman–Crippen MR) is 75.3 cm³/mol. The number of aromatic nitrogens is 2. The number of aryl methyl sites for hydroxylation is 2. The fourth-order valence-electron chi connectivity index (χ4n) is 1.73. The summed E-state index contributed by atoms with van der Waals surface area (Å²) in [5.74, 6) is 0.0400. The van der Waals surface area contributed by atoms with Gasteiger partial charge in [-0.3, -0.25) is 9.78 Å². The summed E-state index contributed by atoms with van der Waals surface area (Å²) in [5, 5.41) is 11.9. The lowest BCUT2D eigenvalue weighted by molar-refractivity contribution is -0.137. The number of aliphatic carboxylic acids is 1. The normalized spacial score (nSPS) is 11.4. The molecule has 5 nitrogen and oxygen atoms in total. The van der Waals surface area contributed by atoms with Crippen LogP contribution in [0, 0.1) is 19.3 Å². The summed E-state index contributed by atoms with van der Waals surface area (Å²) in [6.07, 6.45) is 3.53. The minimum absolute atomic E-state index is 0.0125. The zero-order valence-electron chi connectivity index (χ0n) is 12.2. The van der Waals surface area contributed by atoms with Gasteiger partial charge in [0.15, 0.2) is 0 Å². The van der Waals surface area contributed by atoms with Crippen molar-refractivity contribution in [3.63, 3.8) is 0 Å². The molecule has 0 aromatic carbocycles. The quantitative estimate of drug-likeness (QED) is 0.793. The summed E-state index contributed by atoms with van der Waals surface area (Å²) in [7, 11) is 0. The van der Waals surface area contributed by atoms with Crippen molar-refractivity contribution in [2.75, 3.05) is 11.9 Å². The van der Waals surface area contributed by atoms with Gasteiger partial charge in [-0.25, -0.2) is 4.98 Å². The summed E-state index contributed by atoms with van der Waals surface area (Å²) >= 11 is 0. The van der Waals surface area contributed by atoms with Gasteiger partial charge in [-0.05, 0) is 32.1 Å². The molecule has 0 amide bonds. The van der Waals surface area contributed by atoms with Gasteiger partial charge in [-0.2, -0.15) is 0 Å². The van der Waals surface area contributed by atoms with Crippen LogP contribution in [0.5, 0.6) is 0 Å². The minimum Gasteiger partial charge on any atom is -0.481 e. The van der Waals surface area contributed by atoms with E-state index >= 15 is 0 Å². The van der Waals surface area contributed by atoms with Crippen molar-refractivity contribution in [1.82, 2.24) is 9.97 Å². The lowest BCUT2D eigenvalue weighted by Gasteiger charge is -2.24. The van der Waals surface area contributed by atoms with E-state index in [9.17, 15) is 4.79 Å². The lowest BCUT2D eigenvalue weighted by Crippen LogP contribution is -2.18. The van der Waals surface area contributed by atoms with Crippen molar-refractivity contribution >= 4 is 11.8 Å². The summed E-state index contributed by atoms with van der Waals surface area (Å²) in [4.78, 5) is 19.2. The topological polar surface area (TPSA) is 75.1 Å². The highest BCUT2D eigenvalue weighted by molar-refractivity contribution is 5.66. The van der Waals surface area contributed by atoms with Crippen LogP contribution in [0.1, 0.15) is 44.5 Å². The van der Waals surface area contributed by atoms with Crippen LogP contribution in [0.15, 0.2) is 6.20 Å². The molecule has 0 saturated heterocycles. The number of carboxylic acid groups (broad SMARTS) is 1. The highest BCUT2D eigenvalue weighted by Crippen LogP contribution is 2.26. The summed E-state index contributed by atoms with van der Waals surface area (Å²) < 4.78 is 0. The van der Waals surface area contributed by atoms with Crippen LogP contribution in [-0.4, -0.2) is 27.6 Å². The van der Waals surface area contributed by atoms with Gasteiger partial charge in [0.05, 0.1) is 17.6 Å². The molecule has 0 aliphatic heterocycles. The number of nitrogens with one attached hydrogen (secondary N) is 1. The van der Waals surface area contributed by atoms with Crippen molar-refractivity contribution in [3.8, 4) is 0 Å². The van der Waals surface area contributed by atoms with Gasteiger partial charge in [-0.15, -0.1) is 0 Å². The van der Waals surface area contributed by atoms with E-state index in [0.29, 0.717) is 6.42 Å². The molecule has 0 fully saturated rings. The molecule has 0 unspecified atom stereocenters. The molecule has 106 valence electrons. The second kappa shape index (κ2) is 6.50. The van der Waals surface area contributed by atoms with E-state index in [1.165, 1.54) is 0 Å². The highest BCUT2D eigenvalue weighted by Gasteiger charge is 2.18. The van der Waals surface area contributed by atoms with Gasteiger partial charge in [0, 0.05) is 13.0 Å². The Balaban J connectivity index is 2.40. The van der Waals surface area contributed by atoms with Gasteiger partial charge in [0.1, 0.15) is 5.82 Å². The third-order valence-corrected chi connectivity index (χ3v) is 3.32. The van der Waals surface area contributed by atoms with Crippen LogP contribution in [0.4, 0.5) is 5.82 Å². The van der Waals surface area contributed by atoms with E-state index in [1.54, 1.807) is 6.20 Å². The van der Waals surface area contributed by atoms with Crippen LogP contribution in [0.25, 0.3) is 0 Å². The Morgan fingerprint density at radius 3 is 2.58 bits per heavy atom. The summed E-state index contributed by atoms with van der Waals surface area (Å²) in [5.41, 5.74) is 1.88. The molecular weight excluding hydrogens is 242 g/mol. The SMILES string of the molecule is Cc1ncc(NCCC(C)(C)CCC(=O)O)nc1C. The zero-order valence-corrected chi connectivity index (χ0v) is 12.2. The van der Waals surface area contributed by atoms with Crippen molar-refractivity contribution in [3.05, 3.63) is 17.6 Å². The minimum atomic E-state index is -0.735. The molecule has 0 aliphatic rings. The fourth-order valence-corrected chi connectivity index (χ4v) is 1.73. The molecule has 0 radical (unpaired) electrons. The molecule has 2 N–H and O–H groups in total. The van der Waals surface area contributed by atoms with E-state index in [-0.39, 0.29) is 11.8 Å². The standard InChI is InChI=1S/C14H23N3O2/c1-10-11(2)17-12(9-16-10)15-8-7-14(3,4)6-5-13(18)19/h9H,5-8H2,1-4H3,(H,15,17)(H,18,19). The number of carbonyl (C=O) groups is 1. The van der Waals surface area contributed by atoms with Gasteiger partial charge in [0.2, 0.25) is 0 Å². The van der Waals surface area contributed by atoms with Crippen molar-refractivity contribution in [2.45, 2.75) is 47.0 Å². The average Bonchev–Trinajstić information content (AvgIpc) is 2.31. The van der Waals surface area contributed by atoms with Gasteiger partial charge < -0.3 is 10.4 Å². The second-order valence-electron chi connectivity index (χ2n) is 5.66. The first-order valence-corrected chi connectivity index (χ1v) is 6.56. The number of hydrogen-bond acceptors (Lipinski definition) is 4. The molecule has 1 heterocycles. The number of anilines is 1. The molecule has 1 aromatic heterocycles. The van der Waals surface area contributed by atoms with Crippen LogP contribution in [-0.2, 0) is 4.79 Å². The Morgan fingerprint density at radius 1 is 1.32 bits per heavy atom. The first-order valence-electron chi connectivity index (χ1n) is 6.56. The van der Waals surface area contributed by atoms with Gasteiger partial charge in [-0.1, -0.05) is 13.8 Å². The van der Waals surface area contributed by atoms with E-state index in [4.69, 9.17) is 5.11 Å². The maximum absolute atomic E-state index is 10.6. The Bertz CT molecular complexity index is 444. The predicted octanol–water partition coefficient (Wildman–Crippen LogP) is 2.79. The van der Waals surface area contributed by atoms with E-state index in [2.05, 4.69) is 29.1 Å². The van der Waals surface area contributed by atoms with Crippen molar-refractivity contribution in [2.24, 2.45) is 5.41 Å². The molecule has 5 heteroatoms. The first-order chi connectivity index (χ1) is 8.80. The molecular formula is C14H23N3O2. The first kappa shape index (κ1) is 15.4. The van der Waals surface area contributed by atoms with E-state index < -0.39 is 5.97 Å². The molecule has 1 rings (SSSR count). The maximum Gasteiger partial charge on any atom is 0.303 e. The highest BCUT2D eigenvalue weighted by atomic mass is 16.4. The largest absolute Gasteiger partial charge is 0.481 e. The van der Waals surface area contributed by atoms with Crippen LogP contribution >= 0.6 is 0 Å². The number of rotatable bonds is 7. The number of nitrogens with zero attached hydrogens (tertiary/aromatic N) is 2. The smallest absolute Gasteiger partial charge is 0.303 e. The fraction of sp³-hybridized carbons (Fsp3) is 0.643. The molecule has 0 saturated carbocycles. The molecule has 19 heavy (non-hydrogen) atoms. The van der Waals surface area contributed by atoms with E-state index in [1.807, 2.05) is 13.8 Å². The second-order valence-corrected chi connectivity index (χ2v) is 5.66. The van der Waals surface area contributed by atoms with Crippen molar-refractivity contribution in [1.29, 1.82) is 0 Å². The van der Waals surface area contributed by atoms with Gasteiger partial charge in [0.25, 0.3) is 0 Å². The molecule has 0 aliphatic carbocycles. The monoisotopic (exact) mass is 265 g/mol. The van der Waals surface area contributed by atoms with E-state index in [0.717, 1.165) is 30.2 Å². The molecule has 0 bridgehead atoms. The Hall–Kier alpha value is -1.65. The summed E-state index contributed by atoms with van der Waals surface area (Å²) in [6.45, 7) is 8.81. The Kier molecular flexibility index (Phi) is 5.27. The van der Waals surface area contributed by atoms with Gasteiger partial charge >= 0.3 is 5.97 Å². The molecule has 0 atom stereocenters. The Morgan fingerprint density at radius 2 is 2.00 bits per heavy atom. The van der Waals surface area contributed by atoms with Crippen LogP contribution in [0.3, 0.4) is 0 Å². The third kappa shape index (κ3) is 5.68. The Labute approximate surface area is 114 Å². The number of carboxylic acids is 1. The molecule has 0 spiro atoms.